The number of nitrogens with zero attached hydrogens (tertiary/aromatic N) is 3. The van der Waals surface area contributed by atoms with Gasteiger partial charge in [-0.3, -0.25) is 4.57 Å². The van der Waals surface area contributed by atoms with Crippen LogP contribution in [0.4, 0.5) is 0 Å². The molecule has 0 spiro atoms. The van der Waals surface area contributed by atoms with Crippen LogP contribution in [0.15, 0.2) is 173 Å². The molecule has 0 aliphatic rings. The molecule has 55 heavy (non-hydrogen) atoms. The number of para-hydroxylation sites is 3. The summed E-state index contributed by atoms with van der Waals surface area (Å²) in [5, 5.41) is 15.2. The lowest BCUT2D eigenvalue weighted by Crippen LogP contribution is -2.03. The summed E-state index contributed by atoms with van der Waals surface area (Å²) in [5.74, 6) is 0.571. The Hall–Kier alpha value is -7.50. The largest absolute Gasteiger partial charge is 0.455 e. The van der Waals surface area contributed by atoms with Crippen LogP contribution in [-0.2, 0) is 0 Å². The fraction of sp³-hybridized carbons (Fsp3) is 0. The van der Waals surface area contributed by atoms with Crippen molar-refractivity contribution in [1.29, 1.82) is 0 Å². The minimum atomic E-state index is 0.571. The molecule has 0 unspecified atom stereocenters. The van der Waals surface area contributed by atoms with Gasteiger partial charge < -0.3 is 8.83 Å². The average Bonchev–Trinajstić information content (AvgIpc) is 3.93. The number of rotatable bonds is 2. The van der Waals surface area contributed by atoms with Gasteiger partial charge in [0.15, 0.2) is 5.58 Å². The van der Waals surface area contributed by atoms with Gasteiger partial charge in [0, 0.05) is 37.9 Å². The quantitative estimate of drug-likeness (QED) is 0.168. The fourth-order valence-corrected chi connectivity index (χ4v) is 9.27. The highest BCUT2D eigenvalue weighted by Gasteiger charge is 2.25. The molecule has 254 valence electrons. The molecule has 0 aliphatic carbocycles. The molecule has 5 heteroatoms. The van der Waals surface area contributed by atoms with E-state index in [1.807, 2.05) is 36.4 Å². The number of furan rings is 2. The second-order valence-electron chi connectivity index (χ2n) is 14.4. The molecule has 5 nitrogen and oxygen atoms in total. The second-order valence-corrected chi connectivity index (χ2v) is 14.4. The Morgan fingerprint density at radius 3 is 1.73 bits per heavy atom. The first-order valence-electron chi connectivity index (χ1n) is 18.6. The van der Waals surface area contributed by atoms with Crippen LogP contribution in [0, 0.1) is 0 Å². The summed E-state index contributed by atoms with van der Waals surface area (Å²) in [5.41, 5.74) is 7.39. The molecule has 0 fully saturated rings. The van der Waals surface area contributed by atoms with Crippen molar-refractivity contribution >= 4 is 109 Å². The lowest BCUT2D eigenvalue weighted by atomic mass is 9.91. The lowest BCUT2D eigenvalue weighted by molar-refractivity contribution is 0.662. The topological polar surface area (TPSA) is 57.0 Å². The van der Waals surface area contributed by atoms with Gasteiger partial charge in [-0.05, 0) is 74.1 Å². The van der Waals surface area contributed by atoms with Crippen LogP contribution < -0.4 is 0 Å². The highest BCUT2D eigenvalue weighted by atomic mass is 16.3. The molecule has 0 N–H and O–H groups in total. The third kappa shape index (κ3) is 3.81. The van der Waals surface area contributed by atoms with Gasteiger partial charge in [-0.25, -0.2) is 9.97 Å². The van der Waals surface area contributed by atoms with Crippen molar-refractivity contribution < 1.29 is 8.83 Å². The number of hydrogen-bond donors (Lipinski definition) is 0. The van der Waals surface area contributed by atoms with Gasteiger partial charge in [0.25, 0.3) is 0 Å². The monoisotopic (exact) mass is 701 g/mol. The maximum absolute atomic E-state index is 6.64. The number of benzene rings is 9. The predicted molar refractivity (Wildman–Crippen MR) is 226 cm³/mol. The van der Waals surface area contributed by atoms with Crippen LogP contribution in [0.5, 0.6) is 0 Å². The van der Waals surface area contributed by atoms with E-state index in [1.165, 1.54) is 53.9 Å². The van der Waals surface area contributed by atoms with E-state index in [0.29, 0.717) is 17.2 Å². The Bertz CT molecular complexity index is 3760. The molecule has 0 saturated carbocycles. The van der Waals surface area contributed by atoms with Crippen LogP contribution in [-0.4, -0.2) is 14.5 Å². The minimum absolute atomic E-state index is 0.571. The van der Waals surface area contributed by atoms with E-state index >= 15 is 0 Å². The molecule has 4 aromatic heterocycles. The first-order valence-corrected chi connectivity index (χ1v) is 18.6. The Morgan fingerprint density at radius 2 is 0.927 bits per heavy atom. The zero-order chi connectivity index (χ0) is 35.8. The van der Waals surface area contributed by atoms with Crippen molar-refractivity contribution in [3.8, 4) is 17.2 Å². The van der Waals surface area contributed by atoms with Crippen molar-refractivity contribution in [2.24, 2.45) is 0 Å². The van der Waals surface area contributed by atoms with Crippen molar-refractivity contribution in [2.45, 2.75) is 0 Å². The van der Waals surface area contributed by atoms with Gasteiger partial charge in [0.1, 0.15) is 28.0 Å². The summed E-state index contributed by atoms with van der Waals surface area (Å²) >= 11 is 0. The standard InChI is InChI=1S/C50H27N3O2/c1-2-13-29-28(12-1)24-26-39-44(29)45-40(27-25-35-32-16-4-3-14-30(32)31-15-5-6-18-34(31)43(35)45)53(39)50-51-46-37-19-8-10-23-42(37)55-49(46)47(52-50)38-21-11-20-36-33-17-7-9-22-41(33)54-48(36)38/h1-27H. The summed E-state index contributed by atoms with van der Waals surface area (Å²) in [7, 11) is 0. The second kappa shape index (κ2) is 10.6. The van der Waals surface area contributed by atoms with Crippen LogP contribution in [0.1, 0.15) is 0 Å². The van der Waals surface area contributed by atoms with E-state index in [0.717, 1.165) is 55.0 Å². The van der Waals surface area contributed by atoms with E-state index in [4.69, 9.17) is 18.8 Å². The Morgan fingerprint density at radius 1 is 0.364 bits per heavy atom. The maximum atomic E-state index is 6.64. The number of hydrogen-bond acceptors (Lipinski definition) is 4. The Labute approximate surface area is 312 Å². The normalized spacial score (nSPS) is 12.4. The summed E-state index contributed by atoms with van der Waals surface area (Å²) in [6.45, 7) is 0. The molecule has 4 heterocycles. The number of aromatic nitrogens is 3. The van der Waals surface area contributed by atoms with Crippen LogP contribution in [0.3, 0.4) is 0 Å². The van der Waals surface area contributed by atoms with Gasteiger partial charge >= 0.3 is 0 Å². The van der Waals surface area contributed by atoms with Crippen LogP contribution in [0.2, 0.25) is 0 Å². The zero-order valence-corrected chi connectivity index (χ0v) is 29.2. The molecule has 0 bridgehead atoms. The van der Waals surface area contributed by atoms with E-state index in [2.05, 4.69) is 132 Å². The molecular formula is C50H27N3O2. The average molecular weight is 702 g/mol. The maximum Gasteiger partial charge on any atom is 0.236 e. The highest BCUT2D eigenvalue weighted by molar-refractivity contribution is 6.37. The van der Waals surface area contributed by atoms with E-state index in [9.17, 15) is 0 Å². The summed E-state index contributed by atoms with van der Waals surface area (Å²) in [6.07, 6.45) is 0. The smallest absolute Gasteiger partial charge is 0.236 e. The van der Waals surface area contributed by atoms with Crippen molar-refractivity contribution in [3.05, 3.63) is 164 Å². The third-order valence-electron chi connectivity index (χ3n) is 11.6. The highest BCUT2D eigenvalue weighted by Crippen LogP contribution is 2.46. The molecule has 0 saturated heterocycles. The molecule has 9 aromatic carbocycles. The van der Waals surface area contributed by atoms with Gasteiger partial charge in [-0.15, -0.1) is 0 Å². The fourth-order valence-electron chi connectivity index (χ4n) is 9.27. The summed E-state index contributed by atoms with van der Waals surface area (Å²) in [4.78, 5) is 10.9. The summed E-state index contributed by atoms with van der Waals surface area (Å²) in [6, 6.07) is 57.8. The third-order valence-corrected chi connectivity index (χ3v) is 11.6. The minimum Gasteiger partial charge on any atom is -0.455 e. The SMILES string of the molecule is c1ccc2c(c1)ccc1c2c2c3c4ccccc4c4ccccc4c3ccc2n1-c1nc(-c2cccc3c2oc2ccccc23)c2oc3ccccc3c2n1. The number of fused-ring (bicyclic) bond motifs is 18. The van der Waals surface area contributed by atoms with Crippen LogP contribution in [0.25, 0.3) is 126 Å². The van der Waals surface area contributed by atoms with E-state index in [-0.39, 0.29) is 0 Å². The molecule has 13 aromatic rings. The van der Waals surface area contributed by atoms with Crippen molar-refractivity contribution in [3.63, 3.8) is 0 Å². The van der Waals surface area contributed by atoms with Crippen molar-refractivity contribution in [1.82, 2.24) is 14.5 Å². The molecule has 0 radical (unpaired) electrons. The molecule has 0 amide bonds. The van der Waals surface area contributed by atoms with Crippen LogP contribution >= 0.6 is 0 Å². The molecule has 0 atom stereocenters. The molecular weight excluding hydrogens is 675 g/mol. The van der Waals surface area contributed by atoms with E-state index in [1.54, 1.807) is 0 Å². The lowest BCUT2D eigenvalue weighted by Gasteiger charge is -2.13. The van der Waals surface area contributed by atoms with Gasteiger partial charge in [0.05, 0.1) is 11.0 Å². The van der Waals surface area contributed by atoms with E-state index < -0.39 is 0 Å². The first kappa shape index (κ1) is 29.0. The Balaban J connectivity index is 1.24. The summed E-state index contributed by atoms with van der Waals surface area (Å²) < 4.78 is 15.5. The van der Waals surface area contributed by atoms with Crippen molar-refractivity contribution in [2.75, 3.05) is 0 Å². The Kier molecular flexibility index (Phi) is 5.57. The predicted octanol–water partition coefficient (Wildman–Crippen LogP) is 13.7. The first-order chi connectivity index (χ1) is 27.3. The van der Waals surface area contributed by atoms with Gasteiger partial charge in [-0.2, -0.15) is 0 Å². The molecule has 0 aliphatic heterocycles. The van der Waals surface area contributed by atoms with Gasteiger partial charge in [-0.1, -0.05) is 127 Å². The van der Waals surface area contributed by atoms with Gasteiger partial charge in [0.2, 0.25) is 5.95 Å². The molecule has 13 rings (SSSR count). The zero-order valence-electron chi connectivity index (χ0n) is 29.2.